The second kappa shape index (κ2) is 8.50. The lowest BCUT2D eigenvalue weighted by Gasteiger charge is -2.29. The van der Waals surface area contributed by atoms with Crippen molar-refractivity contribution in [3.8, 4) is 0 Å². The molecule has 2 aliphatic heterocycles. The van der Waals surface area contributed by atoms with Gasteiger partial charge in [-0.1, -0.05) is 34.4 Å². The number of amides is 1. The van der Waals surface area contributed by atoms with E-state index in [1.165, 1.54) is 18.2 Å². The molecule has 2 aromatic carbocycles. The molecule has 0 saturated carbocycles. The van der Waals surface area contributed by atoms with Gasteiger partial charge >= 0.3 is 6.18 Å². The summed E-state index contributed by atoms with van der Waals surface area (Å²) in [6, 6.07) is 8.47. The lowest BCUT2D eigenvalue weighted by Crippen LogP contribution is -2.43. The van der Waals surface area contributed by atoms with Gasteiger partial charge in [-0.15, -0.1) is 0 Å². The summed E-state index contributed by atoms with van der Waals surface area (Å²) in [5, 5.41) is 6.77. The SMILES string of the molecule is O=C(NC1CSC1)c1ccc(C2=NOC(c3cc(Cl)cc(Cl)c3)(C(F)(F)F)C2)cc1Br. The molecule has 0 radical (unpaired) electrons. The molecule has 2 aromatic rings. The van der Waals surface area contributed by atoms with E-state index < -0.39 is 18.2 Å². The van der Waals surface area contributed by atoms with Crippen LogP contribution in [0.4, 0.5) is 13.2 Å². The molecule has 0 bridgehead atoms. The van der Waals surface area contributed by atoms with E-state index in [9.17, 15) is 18.0 Å². The Balaban J connectivity index is 1.61. The molecule has 0 spiro atoms. The molecule has 31 heavy (non-hydrogen) atoms. The summed E-state index contributed by atoms with van der Waals surface area (Å²) in [4.78, 5) is 17.4. The molecule has 0 aliphatic carbocycles. The number of halogens is 6. The van der Waals surface area contributed by atoms with Crippen molar-refractivity contribution in [1.29, 1.82) is 0 Å². The summed E-state index contributed by atoms with van der Waals surface area (Å²) >= 11 is 16.9. The van der Waals surface area contributed by atoms with Crippen molar-refractivity contribution >= 4 is 62.5 Å². The van der Waals surface area contributed by atoms with Gasteiger partial charge in [-0.2, -0.15) is 24.9 Å². The number of thioether (sulfide) groups is 1. The van der Waals surface area contributed by atoms with Crippen LogP contribution in [0.25, 0.3) is 0 Å². The van der Waals surface area contributed by atoms with Gasteiger partial charge in [0.05, 0.1) is 11.3 Å². The molecule has 1 atom stereocenters. The highest BCUT2D eigenvalue weighted by Crippen LogP contribution is 2.49. The largest absolute Gasteiger partial charge is 0.435 e. The Morgan fingerprint density at radius 2 is 1.87 bits per heavy atom. The first kappa shape index (κ1) is 22.8. The van der Waals surface area contributed by atoms with E-state index in [0.717, 1.165) is 11.5 Å². The summed E-state index contributed by atoms with van der Waals surface area (Å²) in [6.07, 6.45) is -5.34. The molecule has 1 amide bonds. The molecule has 164 valence electrons. The Morgan fingerprint density at radius 3 is 2.42 bits per heavy atom. The molecule has 0 aromatic heterocycles. The van der Waals surface area contributed by atoms with E-state index in [1.54, 1.807) is 30.0 Å². The Kier molecular flexibility index (Phi) is 6.24. The highest BCUT2D eigenvalue weighted by atomic mass is 79.9. The van der Waals surface area contributed by atoms with Crippen molar-refractivity contribution in [2.75, 3.05) is 11.5 Å². The maximum Gasteiger partial charge on any atom is 0.435 e. The average molecular weight is 554 g/mol. The lowest BCUT2D eigenvalue weighted by molar-refractivity contribution is -0.275. The summed E-state index contributed by atoms with van der Waals surface area (Å²) in [7, 11) is 0. The van der Waals surface area contributed by atoms with Gasteiger partial charge in [0.2, 0.25) is 0 Å². The van der Waals surface area contributed by atoms with Crippen LogP contribution in [0.3, 0.4) is 0 Å². The number of hydrogen-bond acceptors (Lipinski definition) is 4. The van der Waals surface area contributed by atoms with E-state index in [1.807, 2.05) is 0 Å². The van der Waals surface area contributed by atoms with Crippen molar-refractivity contribution < 1.29 is 22.8 Å². The summed E-state index contributed by atoms with van der Waals surface area (Å²) in [5.41, 5.74) is -2.05. The maximum absolute atomic E-state index is 14.1. The number of carbonyl (C=O) groups is 1. The number of alkyl halides is 3. The Morgan fingerprint density at radius 1 is 1.19 bits per heavy atom. The first-order valence-corrected chi connectivity index (χ1v) is 11.8. The maximum atomic E-state index is 14.1. The average Bonchev–Trinajstić information content (AvgIpc) is 3.10. The van der Waals surface area contributed by atoms with Crippen molar-refractivity contribution in [2.24, 2.45) is 5.16 Å². The van der Waals surface area contributed by atoms with E-state index in [4.69, 9.17) is 28.0 Å². The number of oxime groups is 1. The first-order chi connectivity index (χ1) is 14.6. The third kappa shape index (κ3) is 4.42. The number of benzene rings is 2. The third-order valence-electron chi connectivity index (χ3n) is 5.04. The van der Waals surface area contributed by atoms with Gasteiger partial charge in [0.1, 0.15) is 0 Å². The van der Waals surface area contributed by atoms with Gasteiger partial charge in [-0.25, -0.2) is 0 Å². The number of carbonyl (C=O) groups excluding carboxylic acids is 1. The molecule has 4 rings (SSSR count). The van der Waals surface area contributed by atoms with Crippen molar-refractivity contribution in [3.63, 3.8) is 0 Å². The fourth-order valence-electron chi connectivity index (χ4n) is 3.31. The minimum atomic E-state index is -4.77. The van der Waals surface area contributed by atoms with Gasteiger partial charge in [-0.05, 0) is 46.3 Å². The highest BCUT2D eigenvalue weighted by molar-refractivity contribution is 9.10. The zero-order valence-electron chi connectivity index (χ0n) is 15.6. The number of rotatable bonds is 4. The third-order valence-corrected chi connectivity index (χ3v) is 7.40. The van der Waals surface area contributed by atoms with Crippen LogP contribution in [0.2, 0.25) is 10.0 Å². The number of nitrogens with one attached hydrogen (secondary N) is 1. The van der Waals surface area contributed by atoms with Gasteiger partial charge in [0.25, 0.3) is 11.5 Å². The normalized spacial score (nSPS) is 21.3. The molecule has 1 N–H and O–H groups in total. The quantitative estimate of drug-likeness (QED) is 0.491. The second-order valence-electron chi connectivity index (χ2n) is 7.19. The minimum absolute atomic E-state index is 0.0612. The van der Waals surface area contributed by atoms with Crippen molar-refractivity contribution in [2.45, 2.75) is 24.2 Å². The fraction of sp³-hybridized carbons (Fsp3) is 0.300. The van der Waals surface area contributed by atoms with Gasteiger partial charge in [0.15, 0.2) is 0 Å². The van der Waals surface area contributed by atoms with E-state index in [2.05, 4.69) is 26.4 Å². The van der Waals surface area contributed by atoms with Crippen molar-refractivity contribution in [1.82, 2.24) is 5.32 Å². The Bertz CT molecular complexity index is 1060. The Labute approximate surface area is 198 Å². The standard InChI is InChI=1S/C20H14BrCl2F3N2O2S/c21-16-3-10(1-2-15(16)18(29)27-14-8-31-9-14)17-7-19(30-28-17,20(24,25)26)11-4-12(22)6-13(23)5-11/h1-6,14H,7-9H2,(H,27,29). The van der Waals surface area contributed by atoms with Crippen LogP contribution in [0.5, 0.6) is 0 Å². The summed E-state index contributed by atoms with van der Waals surface area (Å²) < 4.78 is 42.8. The van der Waals surface area contributed by atoms with Crippen LogP contribution >= 0.6 is 50.9 Å². The predicted octanol–water partition coefficient (Wildman–Crippen LogP) is 6.18. The molecular weight excluding hydrogens is 540 g/mol. The predicted molar refractivity (Wildman–Crippen MR) is 119 cm³/mol. The van der Waals surface area contributed by atoms with Crippen molar-refractivity contribution in [3.05, 3.63) is 67.6 Å². The van der Waals surface area contributed by atoms with Crippen LogP contribution in [-0.2, 0) is 10.4 Å². The monoisotopic (exact) mass is 552 g/mol. The first-order valence-electron chi connectivity index (χ1n) is 9.06. The van der Waals surface area contributed by atoms with E-state index in [-0.39, 0.29) is 33.3 Å². The highest BCUT2D eigenvalue weighted by Gasteiger charge is 2.62. The van der Waals surface area contributed by atoms with Crippen LogP contribution in [0, 0.1) is 0 Å². The fourth-order valence-corrected chi connectivity index (χ4v) is 5.03. The molecule has 1 fully saturated rings. The van der Waals surface area contributed by atoms with E-state index >= 15 is 0 Å². The van der Waals surface area contributed by atoms with E-state index in [0.29, 0.717) is 15.6 Å². The van der Waals surface area contributed by atoms with Crippen LogP contribution < -0.4 is 5.32 Å². The van der Waals surface area contributed by atoms with Crippen LogP contribution in [0.15, 0.2) is 46.0 Å². The lowest BCUT2D eigenvalue weighted by atomic mass is 9.86. The zero-order valence-corrected chi connectivity index (χ0v) is 19.5. The molecule has 11 heteroatoms. The number of hydrogen-bond donors (Lipinski definition) is 1. The van der Waals surface area contributed by atoms with Crippen LogP contribution in [0.1, 0.15) is 27.9 Å². The number of nitrogens with zero attached hydrogens (tertiary/aromatic N) is 1. The molecule has 4 nitrogen and oxygen atoms in total. The minimum Gasteiger partial charge on any atom is -0.374 e. The molecule has 2 aliphatic rings. The topological polar surface area (TPSA) is 50.7 Å². The van der Waals surface area contributed by atoms with Gasteiger partial charge in [-0.3, -0.25) is 4.79 Å². The second-order valence-corrected chi connectivity index (χ2v) is 9.99. The van der Waals surface area contributed by atoms with Crippen LogP contribution in [-0.4, -0.2) is 35.3 Å². The van der Waals surface area contributed by atoms with Gasteiger partial charge < -0.3 is 10.2 Å². The zero-order chi connectivity index (χ0) is 22.4. The summed E-state index contributed by atoms with van der Waals surface area (Å²) in [6.45, 7) is 0. The molecule has 1 saturated heterocycles. The van der Waals surface area contributed by atoms with Gasteiger partial charge in [0, 0.05) is 49.6 Å². The summed E-state index contributed by atoms with van der Waals surface area (Å²) in [5.74, 6) is 1.48. The molecular formula is C20H14BrCl2F3N2O2S. The molecule has 1 unspecified atom stereocenters. The Hall–Kier alpha value is -1.42. The molecule has 2 heterocycles. The smallest absolute Gasteiger partial charge is 0.374 e.